The van der Waals surface area contributed by atoms with Gasteiger partial charge in [0, 0.05) is 12.5 Å². The lowest BCUT2D eigenvalue weighted by Gasteiger charge is -2.13. The van der Waals surface area contributed by atoms with Crippen LogP contribution in [-0.2, 0) is 9.47 Å². The summed E-state index contributed by atoms with van der Waals surface area (Å²) >= 11 is 0. The summed E-state index contributed by atoms with van der Waals surface area (Å²) in [5.74, 6) is 0.588. The van der Waals surface area contributed by atoms with Gasteiger partial charge in [0.15, 0.2) is 6.29 Å². The lowest BCUT2D eigenvalue weighted by Crippen LogP contribution is -2.17. The van der Waals surface area contributed by atoms with Crippen molar-refractivity contribution >= 4 is 0 Å². The van der Waals surface area contributed by atoms with E-state index in [9.17, 15) is 0 Å². The predicted octanol–water partition coefficient (Wildman–Crippen LogP) is 1.41. The molecule has 1 rings (SSSR count). The van der Waals surface area contributed by atoms with Crippen LogP contribution in [0.1, 0.15) is 20.3 Å². The van der Waals surface area contributed by atoms with Crippen LogP contribution in [0, 0.1) is 5.92 Å². The molecule has 1 fully saturated rings. The lowest BCUT2D eigenvalue weighted by molar-refractivity contribution is -0.124. The van der Waals surface area contributed by atoms with Crippen molar-refractivity contribution in [3.8, 4) is 0 Å². The molecule has 0 unspecified atom stereocenters. The highest BCUT2D eigenvalue weighted by Crippen LogP contribution is 2.20. The van der Waals surface area contributed by atoms with Crippen molar-refractivity contribution in [3.63, 3.8) is 0 Å². The Bertz CT molecular complexity index is 83.0. The van der Waals surface area contributed by atoms with Crippen LogP contribution in [0.5, 0.6) is 0 Å². The third kappa shape index (κ3) is 1.66. The van der Waals surface area contributed by atoms with Crippen molar-refractivity contribution in [2.75, 3.05) is 13.2 Å². The maximum atomic E-state index is 5.29. The van der Waals surface area contributed by atoms with E-state index in [1.165, 1.54) is 0 Å². The summed E-state index contributed by atoms with van der Waals surface area (Å²) in [6.07, 6.45) is 1.22. The van der Waals surface area contributed by atoms with Crippen LogP contribution in [0.3, 0.4) is 0 Å². The van der Waals surface area contributed by atoms with Gasteiger partial charge in [0.25, 0.3) is 0 Å². The first-order chi connectivity index (χ1) is 4.34. The Balaban J connectivity index is 2.22. The maximum absolute atomic E-state index is 5.29. The van der Waals surface area contributed by atoms with Crippen LogP contribution in [-0.4, -0.2) is 19.5 Å². The molecule has 1 aliphatic rings. The first-order valence-electron chi connectivity index (χ1n) is 3.57. The fourth-order valence-corrected chi connectivity index (χ4v) is 1.05. The van der Waals surface area contributed by atoms with E-state index >= 15 is 0 Å². The Kier molecular flexibility index (Phi) is 2.49. The molecule has 0 spiro atoms. The molecule has 0 amide bonds. The molecule has 2 atom stereocenters. The van der Waals surface area contributed by atoms with E-state index in [4.69, 9.17) is 9.47 Å². The lowest BCUT2D eigenvalue weighted by atomic mass is 10.1. The molecule has 0 aromatic rings. The highest BCUT2D eigenvalue weighted by molar-refractivity contribution is 4.63. The van der Waals surface area contributed by atoms with Gasteiger partial charge in [0.05, 0.1) is 6.61 Å². The van der Waals surface area contributed by atoms with Crippen LogP contribution in [0.25, 0.3) is 0 Å². The second kappa shape index (κ2) is 3.18. The van der Waals surface area contributed by atoms with Crippen molar-refractivity contribution in [2.45, 2.75) is 26.6 Å². The van der Waals surface area contributed by atoms with Crippen molar-refractivity contribution in [1.29, 1.82) is 0 Å². The van der Waals surface area contributed by atoms with Gasteiger partial charge < -0.3 is 9.47 Å². The molecule has 9 heavy (non-hydrogen) atoms. The van der Waals surface area contributed by atoms with Gasteiger partial charge in [-0.05, 0) is 13.3 Å². The first-order valence-corrected chi connectivity index (χ1v) is 3.57. The summed E-state index contributed by atoms with van der Waals surface area (Å²) in [4.78, 5) is 0. The second-order valence-electron chi connectivity index (χ2n) is 2.46. The number of hydrogen-bond acceptors (Lipinski definition) is 2. The van der Waals surface area contributed by atoms with Gasteiger partial charge in [-0.1, -0.05) is 6.92 Å². The number of hydrogen-bond donors (Lipinski definition) is 0. The molecule has 0 aromatic carbocycles. The number of ether oxygens (including phenoxy) is 2. The van der Waals surface area contributed by atoms with Crippen molar-refractivity contribution in [3.05, 3.63) is 0 Å². The van der Waals surface area contributed by atoms with Crippen molar-refractivity contribution < 1.29 is 9.47 Å². The molecule has 0 saturated carbocycles. The molecule has 0 bridgehead atoms. The zero-order chi connectivity index (χ0) is 6.69. The van der Waals surface area contributed by atoms with Crippen LogP contribution < -0.4 is 0 Å². The second-order valence-corrected chi connectivity index (χ2v) is 2.46. The fourth-order valence-electron chi connectivity index (χ4n) is 1.05. The average molecular weight is 130 g/mol. The normalized spacial score (nSPS) is 35.3. The minimum absolute atomic E-state index is 0.0787. The smallest absolute Gasteiger partial charge is 0.160 e. The van der Waals surface area contributed by atoms with Gasteiger partial charge in [-0.15, -0.1) is 0 Å². The average Bonchev–Trinajstić information content (AvgIpc) is 2.18. The molecule has 1 aliphatic heterocycles. The summed E-state index contributed by atoms with van der Waals surface area (Å²) in [6, 6.07) is 0. The van der Waals surface area contributed by atoms with E-state index in [-0.39, 0.29) is 6.29 Å². The molecule has 2 heteroatoms. The number of rotatable bonds is 2. The first kappa shape index (κ1) is 7.03. The highest BCUT2D eigenvalue weighted by Gasteiger charge is 2.23. The molecule has 2 nitrogen and oxygen atoms in total. The Morgan fingerprint density at radius 2 is 2.44 bits per heavy atom. The quantitative estimate of drug-likeness (QED) is 0.562. The molecular weight excluding hydrogens is 116 g/mol. The fraction of sp³-hybridized carbons (Fsp3) is 1.00. The topological polar surface area (TPSA) is 18.5 Å². The molecule has 0 N–H and O–H groups in total. The Hall–Kier alpha value is -0.0800. The molecule has 0 aliphatic carbocycles. The third-order valence-corrected chi connectivity index (χ3v) is 1.65. The van der Waals surface area contributed by atoms with Crippen LogP contribution >= 0.6 is 0 Å². The van der Waals surface area contributed by atoms with Crippen LogP contribution in [0.4, 0.5) is 0 Å². The van der Waals surface area contributed by atoms with Crippen molar-refractivity contribution in [1.82, 2.24) is 0 Å². The van der Waals surface area contributed by atoms with Gasteiger partial charge in [-0.3, -0.25) is 0 Å². The highest BCUT2D eigenvalue weighted by atomic mass is 16.7. The Morgan fingerprint density at radius 3 is 2.89 bits per heavy atom. The predicted molar refractivity (Wildman–Crippen MR) is 35.1 cm³/mol. The van der Waals surface area contributed by atoms with E-state index in [1.54, 1.807) is 0 Å². The minimum atomic E-state index is 0.0787. The SMILES string of the molecule is CCO[C@@H]1OCC[C@@H]1C. The largest absolute Gasteiger partial charge is 0.353 e. The molecule has 0 aromatic heterocycles. The summed E-state index contributed by atoms with van der Waals surface area (Å²) in [7, 11) is 0. The van der Waals surface area contributed by atoms with Gasteiger partial charge in [-0.25, -0.2) is 0 Å². The maximum Gasteiger partial charge on any atom is 0.160 e. The van der Waals surface area contributed by atoms with Gasteiger partial charge in [0.1, 0.15) is 0 Å². The van der Waals surface area contributed by atoms with E-state index in [0.717, 1.165) is 19.6 Å². The van der Waals surface area contributed by atoms with E-state index in [0.29, 0.717) is 5.92 Å². The standard InChI is InChI=1S/C7H14O2/c1-3-8-7-6(2)4-5-9-7/h6-7H,3-5H2,1-2H3/t6-,7+/m0/s1. The molecule has 1 saturated heterocycles. The molecule has 1 heterocycles. The van der Waals surface area contributed by atoms with Crippen LogP contribution in [0.2, 0.25) is 0 Å². The Labute approximate surface area is 56.2 Å². The molecule has 0 radical (unpaired) electrons. The molecular formula is C7H14O2. The van der Waals surface area contributed by atoms with E-state index in [1.807, 2.05) is 6.92 Å². The minimum Gasteiger partial charge on any atom is -0.353 e. The van der Waals surface area contributed by atoms with Gasteiger partial charge in [0.2, 0.25) is 0 Å². The zero-order valence-electron chi connectivity index (χ0n) is 6.09. The van der Waals surface area contributed by atoms with Crippen LogP contribution in [0.15, 0.2) is 0 Å². The molecule has 54 valence electrons. The summed E-state index contributed by atoms with van der Waals surface area (Å²) < 4.78 is 10.6. The van der Waals surface area contributed by atoms with E-state index in [2.05, 4.69) is 6.92 Å². The van der Waals surface area contributed by atoms with Gasteiger partial charge in [-0.2, -0.15) is 0 Å². The van der Waals surface area contributed by atoms with E-state index < -0.39 is 0 Å². The zero-order valence-corrected chi connectivity index (χ0v) is 6.09. The summed E-state index contributed by atoms with van der Waals surface area (Å²) in [5, 5.41) is 0. The summed E-state index contributed by atoms with van der Waals surface area (Å²) in [5.41, 5.74) is 0. The van der Waals surface area contributed by atoms with Crippen molar-refractivity contribution in [2.24, 2.45) is 5.92 Å². The monoisotopic (exact) mass is 130 g/mol. The summed E-state index contributed by atoms with van der Waals surface area (Å²) in [6.45, 7) is 5.78. The third-order valence-electron chi connectivity index (χ3n) is 1.65. The Morgan fingerprint density at radius 1 is 1.67 bits per heavy atom. The van der Waals surface area contributed by atoms with Gasteiger partial charge >= 0.3 is 0 Å².